The second-order valence-electron chi connectivity index (χ2n) is 4.87. The monoisotopic (exact) mass is 228 g/mol. The summed E-state index contributed by atoms with van der Waals surface area (Å²) in [6.07, 6.45) is 0. The minimum atomic E-state index is 0.238. The van der Waals surface area contributed by atoms with Gasteiger partial charge in [-0.05, 0) is 31.0 Å². The number of hydrogen-bond acceptors (Lipinski definition) is 5. The molecule has 0 aliphatic carbocycles. The van der Waals surface area contributed by atoms with E-state index in [1.54, 1.807) is 0 Å². The van der Waals surface area contributed by atoms with Crippen molar-refractivity contribution in [1.29, 1.82) is 0 Å². The van der Waals surface area contributed by atoms with Crippen LogP contribution < -0.4 is 11.1 Å². The Morgan fingerprint density at radius 3 is 2.67 bits per heavy atom. The molecule has 4 nitrogen and oxygen atoms in total. The fraction of sp³-hybridized carbons (Fsp3) is 0.700. The molecule has 0 bridgehead atoms. The number of rotatable bonds is 5. The van der Waals surface area contributed by atoms with E-state index in [0.29, 0.717) is 5.82 Å². The van der Waals surface area contributed by atoms with Crippen molar-refractivity contribution in [3.8, 4) is 0 Å². The Morgan fingerprint density at radius 2 is 2.20 bits per heavy atom. The van der Waals surface area contributed by atoms with Gasteiger partial charge in [0, 0.05) is 19.2 Å². The molecule has 0 aliphatic rings. The SMILES string of the molecule is CN(C)CC(C)(C)CNc1cc(N)ns1. The zero-order valence-electron chi connectivity index (χ0n) is 9.87. The predicted molar refractivity (Wildman–Crippen MR) is 67.4 cm³/mol. The van der Waals surface area contributed by atoms with Crippen LogP contribution in [0.1, 0.15) is 13.8 Å². The van der Waals surface area contributed by atoms with Gasteiger partial charge in [-0.2, -0.15) is 4.37 Å². The summed E-state index contributed by atoms with van der Waals surface area (Å²) in [5, 5.41) is 4.40. The Balaban J connectivity index is 2.42. The number of hydrogen-bond donors (Lipinski definition) is 2. The highest BCUT2D eigenvalue weighted by Gasteiger charge is 2.18. The first-order valence-corrected chi connectivity index (χ1v) is 5.77. The van der Waals surface area contributed by atoms with Crippen molar-refractivity contribution in [1.82, 2.24) is 9.27 Å². The van der Waals surface area contributed by atoms with E-state index in [1.165, 1.54) is 11.5 Å². The lowest BCUT2D eigenvalue weighted by atomic mass is 9.93. The van der Waals surface area contributed by atoms with Crippen molar-refractivity contribution in [3.05, 3.63) is 6.07 Å². The van der Waals surface area contributed by atoms with Gasteiger partial charge in [0.2, 0.25) is 0 Å². The third-order valence-corrected chi connectivity index (χ3v) is 2.77. The van der Waals surface area contributed by atoms with Crippen LogP contribution >= 0.6 is 11.5 Å². The molecule has 0 spiro atoms. The summed E-state index contributed by atoms with van der Waals surface area (Å²) >= 11 is 1.41. The largest absolute Gasteiger partial charge is 0.383 e. The molecule has 0 saturated carbocycles. The number of nitrogens with zero attached hydrogens (tertiary/aromatic N) is 2. The molecule has 0 saturated heterocycles. The Hall–Kier alpha value is -0.810. The van der Waals surface area contributed by atoms with E-state index in [1.807, 2.05) is 6.07 Å². The van der Waals surface area contributed by atoms with Gasteiger partial charge in [-0.3, -0.25) is 0 Å². The van der Waals surface area contributed by atoms with Crippen LogP contribution in [0, 0.1) is 5.41 Å². The van der Waals surface area contributed by atoms with Crippen LogP contribution in [0.4, 0.5) is 10.8 Å². The molecule has 1 aromatic heterocycles. The lowest BCUT2D eigenvalue weighted by Gasteiger charge is -2.28. The molecule has 0 unspecified atom stereocenters. The molecule has 0 aliphatic heterocycles. The van der Waals surface area contributed by atoms with Gasteiger partial charge in [0.25, 0.3) is 0 Å². The molecule has 5 heteroatoms. The summed E-state index contributed by atoms with van der Waals surface area (Å²) < 4.78 is 4.02. The Labute approximate surface area is 95.6 Å². The van der Waals surface area contributed by atoms with Crippen LogP contribution in [0.5, 0.6) is 0 Å². The minimum absolute atomic E-state index is 0.238. The molecular weight excluding hydrogens is 208 g/mol. The first-order valence-electron chi connectivity index (χ1n) is 5.00. The van der Waals surface area contributed by atoms with Gasteiger partial charge in [0.1, 0.15) is 10.8 Å². The summed E-state index contributed by atoms with van der Waals surface area (Å²) in [5.41, 5.74) is 5.79. The van der Waals surface area contributed by atoms with Gasteiger partial charge in [-0.15, -0.1) is 0 Å². The van der Waals surface area contributed by atoms with Crippen LogP contribution in [0.25, 0.3) is 0 Å². The van der Waals surface area contributed by atoms with E-state index < -0.39 is 0 Å². The maximum absolute atomic E-state index is 5.55. The third kappa shape index (κ3) is 4.48. The van der Waals surface area contributed by atoms with Crippen molar-refractivity contribution in [3.63, 3.8) is 0 Å². The second-order valence-corrected chi connectivity index (χ2v) is 5.68. The van der Waals surface area contributed by atoms with Gasteiger partial charge in [0.15, 0.2) is 0 Å². The number of anilines is 2. The number of nitrogen functional groups attached to an aromatic ring is 1. The Morgan fingerprint density at radius 1 is 1.53 bits per heavy atom. The highest BCUT2D eigenvalue weighted by molar-refractivity contribution is 7.10. The highest BCUT2D eigenvalue weighted by Crippen LogP contribution is 2.21. The van der Waals surface area contributed by atoms with E-state index in [2.05, 4.69) is 42.5 Å². The van der Waals surface area contributed by atoms with Crippen LogP contribution in [-0.2, 0) is 0 Å². The molecule has 0 radical (unpaired) electrons. The predicted octanol–water partition coefficient (Wildman–Crippen LogP) is 1.72. The van der Waals surface area contributed by atoms with Gasteiger partial charge < -0.3 is 16.0 Å². The van der Waals surface area contributed by atoms with Crippen molar-refractivity contribution < 1.29 is 0 Å². The van der Waals surface area contributed by atoms with Crippen molar-refractivity contribution in [2.75, 3.05) is 38.2 Å². The summed E-state index contributed by atoms with van der Waals surface area (Å²) in [5.74, 6) is 0.591. The zero-order chi connectivity index (χ0) is 11.5. The smallest absolute Gasteiger partial charge is 0.139 e. The molecular formula is C10H20N4S. The van der Waals surface area contributed by atoms with Crippen molar-refractivity contribution in [2.45, 2.75) is 13.8 Å². The molecule has 1 heterocycles. The van der Waals surface area contributed by atoms with Gasteiger partial charge in [-0.1, -0.05) is 13.8 Å². The summed E-state index contributed by atoms with van der Waals surface area (Å²) in [6, 6.07) is 1.87. The van der Waals surface area contributed by atoms with E-state index in [9.17, 15) is 0 Å². The molecule has 0 fully saturated rings. The maximum atomic E-state index is 5.55. The summed E-state index contributed by atoms with van der Waals surface area (Å²) in [6.45, 7) is 6.45. The van der Waals surface area contributed by atoms with Crippen LogP contribution in [0.2, 0.25) is 0 Å². The molecule has 0 amide bonds. The molecule has 0 aromatic carbocycles. The molecule has 1 aromatic rings. The topological polar surface area (TPSA) is 54.2 Å². The van der Waals surface area contributed by atoms with Gasteiger partial charge >= 0.3 is 0 Å². The molecule has 86 valence electrons. The van der Waals surface area contributed by atoms with Crippen molar-refractivity contribution >= 4 is 22.4 Å². The lowest BCUT2D eigenvalue weighted by Crippen LogP contribution is -2.34. The van der Waals surface area contributed by atoms with Crippen LogP contribution in [0.15, 0.2) is 6.07 Å². The maximum Gasteiger partial charge on any atom is 0.139 e. The Kier molecular flexibility index (Phi) is 3.93. The van der Waals surface area contributed by atoms with Crippen molar-refractivity contribution in [2.24, 2.45) is 5.41 Å². The van der Waals surface area contributed by atoms with E-state index in [-0.39, 0.29) is 5.41 Å². The quantitative estimate of drug-likeness (QED) is 0.806. The summed E-state index contributed by atoms with van der Waals surface area (Å²) in [7, 11) is 4.18. The van der Waals surface area contributed by atoms with E-state index in [0.717, 1.165) is 18.1 Å². The fourth-order valence-electron chi connectivity index (χ4n) is 1.61. The number of nitrogens with one attached hydrogen (secondary N) is 1. The zero-order valence-corrected chi connectivity index (χ0v) is 10.7. The summed E-state index contributed by atoms with van der Waals surface area (Å²) in [4.78, 5) is 2.20. The minimum Gasteiger partial charge on any atom is -0.383 e. The first kappa shape index (κ1) is 12.3. The molecule has 1 rings (SSSR count). The number of aromatic nitrogens is 1. The lowest BCUT2D eigenvalue weighted by molar-refractivity contribution is 0.254. The third-order valence-electron chi connectivity index (χ3n) is 2.01. The molecule has 0 atom stereocenters. The number of nitrogens with two attached hydrogens (primary N) is 1. The van der Waals surface area contributed by atoms with E-state index in [4.69, 9.17) is 5.73 Å². The molecule has 3 N–H and O–H groups in total. The standard InChI is InChI=1S/C10H20N4S/c1-10(2,7-14(3)4)6-12-9-5-8(11)13-15-9/h5,12H,6-7H2,1-4H3,(H2,11,13). The Bertz CT molecular complexity index is 306. The highest BCUT2D eigenvalue weighted by atomic mass is 32.1. The second kappa shape index (κ2) is 4.81. The van der Waals surface area contributed by atoms with Gasteiger partial charge in [0.05, 0.1) is 0 Å². The van der Waals surface area contributed by atoms with Crippen LogP contribution in [0.3, 0.4) is 0 Å². The average Bonchev–Trinajstić information content (AvgIpc) is 2.46. The average molecular weight is 228 g/mol. The molecule has 15 heavy (non-hydrogen) atoms. The van der Waals surface area contributed by atoms with E-state index >= 15 is 0 Å². The normalized spacial score (nSPS) is 12.1. The fourth-order valence-corrected chi connectivity index (χ4v) is 2.18. The first-order chi connectivity index (χ1) is 6.89. The van der Waals surface area contributed by atoms with Crippen LogP contribution in [-0.4, -0.2) is 36.5 Å². The van der Waals surface area contributed by atoms with Gasteiger partial charge in [-0.25, -0.2) is 0 Å².